The van der Waals surface area contributed by atoms with Crippen LogP contribution in [0.1, 0.15) is 11.1 Å². The van der Waals surface area contributed by atoms with E-state index >= 15 is 0 Å². The molecule has 0 aliphatic carbocycles. The topological polar surface area (TPSA) is 50.3 Å². The number of aromatic nitrogens is 2. The van der Waals surface area contributed by atoms with Gasteiger partial charge in [0.05, 0.1) is 0 Å². The van der Waals surface area contributed by atoms with Gasteiger partial charge in [-0.05, 0) is 12.5 Å². The van der Waals surface area contributed by atoms with Crippen molar-refractivity contribution in [2.24, 2.45) is 0 Å². The Kier molecular flexibility index (Phi) is 4.31. The van der Waals surface area contributed by atoms with Crippen molar-refractivity contribution in [1.29, 1.82) is 0 Å². The van der Waals surface area contributed by atoms with Gasteiger partial charge in [0.25, 0.3) is 0 Å². The lowest BCUT2D eigenvalue weighted by Crippen LogP contribution is -2.44. The highest BCUT2D eigenvalue weighted by Crippen LogP contribution is 2.14. The quantitative estimate of drug-likeness (QED) is 0.927. The third kappa shape index (κ3) is 3.70. The molecule has 0 bridgehead atoms. The standard InChI is InChI=1S/C16H20N4O/c1-13-2-4-14(5-3-13)12-21-15-6-7-18-16(19-15)20-10-8-17-9-11-20/h2-7,17H,8-12H2,1H3. The number of anilines is 1. The number of nitrogens with zero attached hydrogens (tertiary/aromatic N) is 3. The predicted molar refractivity (Wildman–Crippen MR) is 82.6 cm³/mol. The molecule has 5 nitrogen and oxygen atoms in total. The van der Waals surface area contributed by atoms with E-state index < -0.39 is 0 Å². The molecule has 2 heterocycles. The second kappa shape index (κ2) is 6.54. The molecule has 110 valence electrons. The highest BCUT2D eigenvalue weighted by Gasteiger charge is 2.13. The van der Waals surface area contributed by atoms with Crippen molar-refractivity contribution in [1.82, 2.24) is 15.3 Å². The van der Waals surface area contributed by atoms with Crippen LogP contribution < -0.4 is 15.0 Å². The van der Waals surface area contributed by atoms with Crippen LogP contribution >= 0.6 is 0 Å². The normalized spacial score (nSPS) is 15.0. The Labute approximate surface area is 125 Å². The van der Waals surface area contributed by atoms with Crippen LogP contribution in [0.2, 0.25) is 0 Å². The number of benzene rings is 1. The minimum Gasteiger partial charge on any atom is -0.473 e. The fourth-order valence-electron chi connectivity index (χ4n) is 2.27. The number of rotatable bonds is 4. The van der Waals surface area contributed by atoms with Crippen molar-refractivity contribution in [3.63, 3.8) is 0 Å². The van der Waals surface area contributed by atoms with Gasteiger partial charge in [0, 0.05) is 38.4 Å². The largest absolute Gasteiger partial charge is 0.473 e. The SMILES string of the molecule is Cc1ccc(COc2ccnc(N3CCNCC3)n2)cc1. The summed E-state index contributed by atoms with van der Waals surface area (Å²) >= 11 is 0. The van der Waals surface area contributed by atoms with Gasteiger partial charge in [-0.3, -0.25) is 0 Å². The van der Waals surface area contributed by atoms with Crippen LogP contribution in [0.4, 0.5) is 5.95 Å². The first-order valence-electron chi connectivity index (χ1n) is 7.28. The molecule has 1 aliphatic rings. The minimum absolute atomic E-state index is 0.526. The van der Waals surface area contributed by atoms with Crippen LogP contribution in [0.25, 0.3) is 0 Å². The maximum Gasteiger partial charge on any atom is 0.228 e. The Morgan fingerprint density at radius 2 is 1.90 bits per heavy atom. The number of piperazine rings is 1. The van der Waals surface area contributed by atoms with Crippen LogP contribution in [-0.2, 0) is 6.61 Å². The molecule has 1 saturated heterocycles. The van der Waals surface area contributed by atoms with Crippen LogP contribution in [0.5, 0.6) is 5.88 Å². The Morgan fingerprint density at radius 3 is 2.67 bits per heavy atom. The molecule has 0 atom stereocenters. The van der Waals surface area contributed by atoms with Crippen molar-refractivity contribution < 1.29 is 4.74 Å². The summed E-state index contributed by atoms with van der Waals surface area (Å²) in [4.78, 5) is 11.0. The Balaban J connectivity index is 1.64. The van der Waals surface area contributed by atoms with Gasteiger partial charge in [-0.25, -0.2) is 4.98 Å². The molecule has 3 rings (SSSR count). The molecule has 1 aromatic carbocycles. The van der Waals surface area contributed by atoms with Crippen LogP contribution in [-0.4, -0.2) is 36.1 Å². The lowest BCUT2D eigenvalue weighted by atomic mass is 10.2. The summed E-state index contributed by atoms with van der Waals surface area (Å²) in [6.07, 6.45) is 1.76. The molecule has 0 spiro atoms. The first-order chi connectivity index (χ1) is 10.3. The van der Waals surface area contributed by atoms with E-state index in [-0.39, 0.29) is 0 Å². The predicted octanol–water partition coefficient (Wildman–Crippen LogP) is 1.77. The summed E-state index contributed by atoms with van der Waals surface area (Å²) in [5, 5.41) is 3.32. The Hall–Kier alpha value is -2.14. The molecule has 0 radical (unpaired) electrons. The molecule has 0 amide bonds. The van der Waals surface area contributed by atoms with Crippen molar-refractivity contribution in [3.05, 3.63) is 47.7 Å². The number of hydrogen-bond donors (Lipinski definition) is 1. The number of hydrogen-bond acceptors (Lipinski definition) is 5. The van der Waals surface area contributed by atoms with Crippen molar-refractivity contribution >= 4 is 5.95 Å². The van der Waals surface area contributed by atoms with Crippen molar-refractivity contribution in [3.8, 4) is 5.88 Å². The van der Waals surface area contributed by atoms with Gasteiger partial charge in [0.15, 0.2) is 0 Å². The summed E-state index contributed by atoms with van der Waals surface area (Å²) in [5.74, 6) is 1.37. The van der Waals surface area contributed by atoms with Gasteiger partial charge in [-0.1, -0.05) is 29.8 Å². The van der Waals surface area contributed by atoms with Gasteiger partial charge in [-0.2, -0.15) is 4.98 Å². The summed E-state index contributed by atoms with van der Waals surface area (Å²) in [5.41, 5.74) is 2.39. The summed E-state index contributed by atoms with van der Waals surface area (Å²) < 4.78 is 5.77. The second-order valence-corrected chi connectivity index (χ2v) is 5.21. The van der Waals surface area contributed by atoms with E-state index in [2.05, 4.69) is 51.4 Å². The van der Waals surface area contributed by atoms with Crippen molar-refractivity contribution in [2.45, 2.75) is 13.5 Å². The molecule has 0 unspecified atom stereocenters. The van der Waals surface area contributed by atoms with E-state index in [4.69, 9.17) is 4.74 Å². The highest BCUT2D eigenvalue weighted by atomic mass is 16.5. The van der Waals surface area contributed by atoms with Crippen LogP contribution in [0, 0.1) is 6.92 Å². The maximum atomic E-state index is 5.77. The first-order valence-corrected chi connectivity index (χ1v) is 7.28. The zero-order chi connectivity index (χ0) is 14.5. The minimum atomic E-state index is 0.526. The van der Waals surface area contributed by atoms with E-state index in [0.717, 1.165) is 37.7 Å². The zero-order valence-electron chi connectivity index (χ0n) is 12.2. The van der Waals surface area contributed by atoms with Gasteiger partial charge >= 0.3 is 0 Å². The average molecular weight is 284 g/mol. The first kappa shape index (κ1) is 13.8. The highest BCUT2D eigenvalue weighted by molar-refractivity contribution is 5.32. The summed E-state index contributed by atoms with van der Waals surface area (Å²) in [6, 6.07) is 10.1. The number of nitrogens with one attached hydrogen (secondary N) is 1. The third-order valence-electron chi connectivity index (χ3n) is 3.52. The Morgan fingerprint density at radius 1 is 1.14 bits per heavy atom. The smallest absolute Gasteiger partial charge is 0.228 e. The Bertz CT molecular complexity index is 579. The summed E-state index contributed by atoms with van der Waals surface area (Å²) in [7, 11) is 0. The van der Waals surface area contributed by atoms with Gasteiger partial charge in [-0.15, -0.1) is 0 Å². The van der Waals surface area contributed by atoms with E-state index in [0.29, 0.717) is 12.5 Å². The molecule has 0 saturated carbocycles. The van der Waals surface area contributed by atoms with Crippen molar-refractivity contribution in [2.75, 3.05) is 31.1 Å². The molecule has 21 heavy (non-hydrogen) atoms. The molecule has 1 aromatic heterocycles. The third-order valence-corrected chi connectivity index (χ3v) is 3.52. The number of aryl methyl sites for hydroxylation is 1. The summed E-state index contributed by atoms with van der Waals surface area (Å²) in [6.45, 7) is 6.41. The number of ether oxygens (including phenoxy) is 1. The van der Waals surface area contributed by atoms with Crippen LogP contribution in [0.15, 0.2) is 36.5 Å². The monoisotopic (exact) mass is 284 g/mol. The molecular weight excluding hydrogens is 264 g/mol. The molecule has 1 aliphatic heterocycles. The van der Waals surface area contributed by atoms with Gasteiger partial charge < -0.3 is 15.0 Å². The fourth-order valence-corrected chi connectivity index (χ4v) is 2.27. The lowest BCUT2D eigenvalue weighted by molar-refractivity contribution is 0.293. The van der Waals surface area contributed by atoms with Crippen LogP contribution in [0.3, 0.4) is 0 Å². The van der Waals surface area contributed by atoms with E-state index in [1.165, 1.54) is 5.56 Å². The molecule has 5 heteroatoms. The molecule has 2 aromatic rings. The van der Waals surface area contributed by atoms with Gasteiger partial charge in [0.1, 0.15) is 6.61 Å². The lowest BCUT2D eigenvalue weighted by Gasteiger charge is -2.27. The van der Waals surface area contributed by atoms with E-state index in [1.54, 1.807) is 12.3 Å². The van der Waals surface area contributed by atoms with E-state index in [9.17, 15) is 0 Å². The molecule has 1 fully saturated rings. The van der Waals surface area contributed by atoms with Gasteiger partial charge in [0.2, 0.25) is 11.8 Å². The fraction of sp³-hybridized carbons (Fsp3) is 0.375. The molecular formula is C16H20N4O. The van der Waals surface area contributed by atoms with E-state index in [1.807, 2.05) is 0 Å². The average Bonchev–Trinajstić information content (AvgIpc) is 2.55. The second-order valence-electron chi connectivity index (χ2n) is 5.21. The maximum absolute atomic E-state index is 5.77. The zero-order valence-corrected chi connectivity index (χ0v) is 12.2. The molecule has 1 N–H and O–H groups in total.